The quantitative estimate of drug-likeness (QED) is 0.199. The van der Waals surface area contributed by atoms with E-state index in [0.29, 0.717) is 11.4 Å². The second-order valence-corrected chi connectivity index (χ2v) is 10.0. The van der Waals surface area contributed by atoms with Crippen molar-refractivity contribution in [3.05, 3.63) is 58.6 Å². The van der Waals surface area contributed by atoms with Gasteiger partial charge < -0.3 is 10.6 Å². The minimum absolute atomic E-state index is 0. The molecule has 1 heterocycles. The molecule has 3 aromatic rings. The lowest BCUT2D eigenvalue weighted by molar-refractivity contribution is 0.601. The Hall–Kier alpha value is -1.72. The van der Waals surface area contributed by atoms with E-state index in [1.165, 1.54) is 11.0 Å². The smallest absolute Gasteiger partial charge is 0.191 e. The monoisotopic (exact) mass is 558 g/mol. The Labute approximate surface area is 199 Å². The van der Waals surface area contributed by atoms with E-state index in [0.717, 1.165) is 47.0 Å². The first-order valence-corrected chi connectivity index (χ1v) is 12.2. The Morgan fingerprint density at radius 2 is 1.93 bits per heavy atom. The molecule has 0 amide bonds. The van der Waals surface area contributed by atoms with Crippen LogP contribution in [0.15, 0.2) is 52.4 Å². The normalized spacial score (nSPS) is 11.9. The van der Waals surface area contributed by atoms with Gasteiger partial charge in [-0.2, -0.15) is 0 Å². The first kappa shape index (κ1) is 24.5. The SMILES string of the molecule is CN=C(NCCCc1nc2ccccc2s1)NCc1ccc(S(C)(=O)=O)c(C)c1.I. The number of sulfone groups is 1. The molecule has 1 aromatic heterocycles. The van der Waals surface area contributed by atoms with Crippen LogP contribution in [0.25, 0.3) is 10.2 Å². The molecule has 0 aliphatic carbocycles. The number of thiazole rings is 1. The van der Waals surface area contributed by atoms with E-state index in [-0.39, 0.29) is 24.0 Å². The molecular formula is C21H27IN4O2S2. The maximum Gasteiger partial charge on any atom is 0.191 e. The van der Waals surface area contributed by atoms with E-state index < -0.39 is 9.84 Å². The Bertz CT molecular complexity index is 1090. The Balaban J connectivity index is 0.00000320. The predicted octanol–water partition coefficient (Wildman–Crippen LogP) is 3.92. The van der Waals surface area contributed by atoms with Crippen molar-refractivity contribution in [2.45, 2.75) is 31.2 Å². The molecule has 0 bridgehead atoms. The zero-order valence-corrected chi connectivity index (χ0v) is 21.3. The van der Waals surface area contributed by atoms with Crippen LogP contribution in [0.2, 0.25) is 0 Å². The fourth-order valence-electron chi connectivity index (χ4n) is 3.12. The van der Waals surface area contributed by atoms with Gasteiger partial charge in [-0.25, -0.2) is 13.4 Å². The molecule has 0 unspecified atom stereocenters. The lowest BCUT2D eigenvalue weighted by Gasteiger charge is -2.13. The number of rotatable bonds is 7. The number of hydrogen-bond acceptors (Lipinski definition) is 5. The highest BCUT2D eigenvalue weighted by atomic mass is 127. The molecule has 0 spiro atoms. The predicted molar refractivity (Wildman–Crippen MR) is 136 cm³/mol. The lowest BCUT2D eigenvalue weighted by Crippen LogP contribution is -2.37. The standard InChI is InChI=1S/C21H26N4O2S2.HI/c1-15-13-16(10-11-19(15)29(3,26)27)14-24-21(22-2)23-12-6-9-20-25-17-7-4-5-8-18(17)28-20;/h4-5,7-8,10-11,13H,6,9,12,14H2,1-3H3,(H2,22,23,24);1H. The Morgan fingerprint density at radius 3 is 2.60 bits per heavy atom. The van der Waals surface area contributed by atoms with Crippen molar-refractivity contribution < 1.29 is 8.42 Å². The topological polar surface area (TPSA) is 83.4 Å². The van der Waals surface area contributed by atoms with Crippen LogP contribution in [0.3, 0.4) is 0 Å². The van der Waals surface area contributed by atoms with Gasteiger partial charge in [0, 0.05) is 32.8 Å². The zero-order chi connectivity index (χ0) is 20.9. The fraction of sp³-hybridized carbons (Fsp3) is 0.333. The van der Waals surface area contributed by atoms with Gasteiger partial charge in [-0.15, -0.1) is 35.3 Å². The summed E-state index contributed by atoms with van der Waals surface area (Å²) in [6.45, 7) is 3.18. The molecule has 0 radical (unpaired) electrons. The number of hydrogen-bond donors (Lipinski definition) is 2. The summed E-state index contributed by atoms with van der Waals surface area (Å²) in [6.07, 6.45) is 3.12. The van der Waals surface area contributed by atoms with Crippen molar-refractivity contribution in [1.82, 2.24) is 15.6 Å². The average Bonchev–Trinajstić information content (AvgIpc) is 3.09. The molecule has 162 valence electrons. The molecule has 0 aliphatic heterocycles. The number of halogens is 1. The average molecular weight is 559 g/mol. The summed E-state index contributed by atoms with van der Waals surface area (Å²) in [5.41, 5.74) is 2.83. The number of guanidine groups is 1. The third kappa shape index (κ3) is 6.64. The maximum absolute atomic E-state index is 11.7. The van der Waals surface area contributed by atoms with Crippen LogP contribution >= 0.6 is 35.3 Å². The summed E-state index contributed by atoms with van der Waals surface area (Å²) in [7, 11) is -1.46. The molecule has 0 atom stereocenters. The van der Waals surface area contributed by atoms with E-state index in [1.54, 1.807) is 24.5 Å². The Morgan fingerprint density at radius 1 is 1.17 bits per heavy atom. The van der Waals surface area contributed by atoms with Crippen LogP contribution in [-0.4, -0.2) is 39.2 Å². The van der Waals surface area contributed by atoms with Gasteiger partial charge in [0.2, 0.25) is 0 Å². The second kappa shape index (κ2) is 11.1. The summed E-state index contributed by atoms with van der Waals surface area (Å²) in [6, 6.07) is 13.6. The van der Waals surface area contributed by atoms with Crippen LogP contribution in [0.4, 0.5) is 0 Å². The number of aryl methyl sites for hydroxylation is 2. The van der Waals surface area contributed by atoms with E-state index in [2.05, 4.69) is 26.7 Å². The maximum atomic E-state index is 11.7. The van der Waals surface area contributed by atoms with E-state index in [1.807, 2.05) is 37.3 Å². The first-order valence-electron chi connectivity index (χ1n) is 9.45. The summed E-state index contributed by atoms with van der Waals surface area (Å²) < 4.78 is 24.7. The Kier molecular flexibility index (Phi) is 9.05. The molecule has 2 N–H and O–H groups in total. The third-order valence-electron chi connectivity index (χ3n) is 4.52. The number of aromatic nitrogens is 1. The van der Waals surface area contributed by atoms with Crippen LogP contribution in [0.1, 0.15) is 22.6 Å². The summed E-state index contributed by atoms with van der Waals surface area (Å²) in [5, 5.41) is 7.73. The number of benzene rings is 2. The minimum atomic E-state index is -3.19. The number of nitrogens with one attached hydrogen (secondary N) is 2. The highest BCUT2D eigenvalue weighted by Gasteiger charge is 2.11. The molecule has 2 aromatic carbocycles. The van der Waals surface area contributed by atoms with E-state index in [9.17, 15) is 8.42 Å². The van der Waals surface area contributed by atoms with Gasteiger partial charge in [0.25, 0.3) is 0 Å². The fourth-order valence-corrected chi connectivity index (χ4v) is 5.09. The highest BCUT2D eigenvalue weighted by Crippen LogP contribution is 2.22. The van der Waals surface area contributed by atoms with Crippen molar-refractivity contribution >= 4 is 61.3 Å². The summed E-state index contributed by atoms with van der Waals surface area (Å²) in [4.78, 5) is 9.28. The molecule has 30 heavy (non-hydrogen) atoms. The van der Waals surface area contributed by atoms with Crippen molar-refractivity contribution in [3.8, 4) is 0 Å². The summed E-state index contributed by atoms with van der Waals surface area (Å²) >= 11 is 1.75. The molecule has 9 heteroatoms. The van der Waals surface area contributed by atoms with Crippen molar-refractivity contribution in [3.63, 3.8) is 0 Å². The van der Waals surface area contributed by atoms with Gasteiger partial charge in [-0.05, 0) is 42.7 Å². The molecule has 6 nitrogen and oxygen atoms in total. The molecular weight excluding hydrogens is 531 g/mol. The number of aliphatic imine (C=N–C) groups is 1. The molecule has 0 saturated carbocycles. The number of para-hydroxylation sites is 1. The van der Waals surface area contributed by atoms with E-state index >= 15 is 0 Å². The van der Waals surface area contributed by atoms with Gasteiger partial charge in [0.1, 0.15) is 0 Å². The lowest BCUT2D eigenvalue weighted by atomic mass is 10.1. The van der Waals surface area contributed by atoms with Crippen LogP contribution < -0.4 is 10.6 Å². The number of nitrogens with zero attached hydrogens (tertiary/aromatic N) is 2. The van der Waals surface area contributed by atoms with E-state index in [4.69, 9.17) is 0 Å². The van der Waals surface area contributed by atoms with Gasteiger partial charge >= 0.3 is 0 Å². The largest absolute Gasteiger partial charge is 0.356 e. The molecule has 3 rings (SSSR count). The zero-order valence-electron chi connectivity index (χ0n) is 17.3. The van der Waals surface area contributed by atoms with Gasteiger partial charge in [-0.3, -0.25) is 4.99 Å². The molecule has 0 saturated heterocycles. The second-order valence-electron chi connectivity index (χ2n) is 6.90. The van der Waals surface area contributed by atoms with Crippen LogP contribution in [0.5, 0.6) is 0 Å². The summed E-state index contributed by atoms with van der Waals surface area (Å²) in [5.74, 6) is 0.721. The third-order valence-corrected chi connectivity index (χ3v) is 6.87. The first-order chi connectivity index (χ1) is 13.9. The highest BCUT2D eigenvalue weighted by molar-refractivity contribution is 14.0. The van der Waals surface area contributed by atoms with Gasteiger partial charge in [-0.1, -0.05) is 24.3 Å². The van der Waals surface area contributed by atoms with Gasteiger partial charge in [0.05, 0.1) is 20.1 Å². The number of fused-ring (bicyclic) bond motifs is 1. The van der Waals surface area contributed by atoms with Crippen LogP contribution in [0, 0.1) is 6.92 Å². The minimum Gasteiger partial charge on any atom is -0.356 e. The molecule has 0 aliphatic rings. The van der Waals surface area contributed by atoms with Crippen molar-refractivity contribution in [1.29, 1.82) is 0 Å². The molecule has 0 fully saturated rings. The van der Waals surface area contributed by atoms with Crippen molar-refractivity contribution in [2.75, 3.05) is 19.8 Å². The van der Waals surface area contributed by atoms with Gasteiger partial charge in [0.15, 0.2) is 15.8 Å². The van der Waals surface area contributed by atoms with Crippen molar-refractivity contribution in [2.24, 2.45) is 4.99 Å². The van der Waals surface area contributed by atoms with Crippen LogP contribution in [-0.2, 0) is 22.8 Å².